The van der Waals surface area contributed by atoms with Crippen LogP contribution in [0, 0.1) is 0 Å². The quantitative estimate of drug-likeness (QED) is 0.488. The van der Waals surface area contributed by atoms with Gasteiger partial charge < -0.3 is 4.74 Å². The molecular weight excluding hydrogens is 181 g/mol. The van der Waals surface area contributed by atoms with Crippen LogP contribution < -0.4 is 0 Å². The fourth-order valence-corrected chi connectivity index (χ4v) is 0.621. The maximum Gasteiger partial charge on any atom is 0.187 e. The lowest BCUT2D eigenvalue weighted by Crippen LogP contribution is -1.88. The van der Waals surface area contributed by atoms with E-state index in [-0.39, 0.29) is 5.76 Å². The van der Waals surface area contributed by atoms with E-state index in [4.69, 9.17) is 4.74 Å². The van der Waals surface area contributed by atoms with Crippen molar-refractivity contribution in [3.05, 3.63) is 35.9 Å². The molecule has 0 aliphatic heterocycles. The first-order valence-corrected chi connectivity index (χ1v) is 3.78. The fraction of sp³-hybridized carbons (Fsp3) is 0.333. The topological polar surface area (TPSA) is 9.23 Å². The van der Waals surface area contributed by atoms with E-state index in [1.54, 1.807) is 13.8 Å². The van der Waals surface area contributed by atoms with Crippen molar-refractivity contribution in [3.8, 4) is 0 Å². The largest absolute Gasteiger partial charge is 0.494 e. The lowest BCUT2D eigenvalue weighted by Gasteiger charge is -2.02. The van der Waals surface area contributed by atoms with E-state index < -0.39 is 18.0 Å². The highest BCUT2D eigenvalue weighted by molar-refractivity contribution is 5.25. The molecule has 0 aromatic rings. The number of ether oxygens (including phenoxy) is 1. The van der Waals surface area contributed by atoms with Gasteiger partial charge in [0.25, 0.3) is 0 Å². The summed E-state index contributed by atoms with van der Waals surface area (Å²) in [6.45, 7) is 3.65. The van der Waals surface area contributed by atoms with Gasteiger partial charge in [-0.1, -0.05) is 0 Å². The van der Waals surface area contributed by atoms with E-state index in [1.807, 2.05) is 0 Å². The molecule has 0 N–H and O–H groups in total. The van der Waals surface area contributed by atoms with Gasteiger partial charge >= 0.3 is 0 Å². The summed E-state index contributed by atoms with van der Waals surface area (Å²) in [4.78, 5) is 0. The first-order valence-electron chi connectivity index (χ1n) is 3.78. The van der Waals surface area contributed by atoms with Gasteiger partial charge in [0.1, 0.15) is 12.1 Å². The van der Waals surface area contributed by atoms with Gasteiger partial charge in [-0.15, -0.1) is 0 Å². The first-order chi connectivity index (χ1) is 6.15. The minimum Gasteiger partial charge on any atom is -0.494 e. The van der Waals surface area contributed by atoms with E-state index in [1.165, 1.54) is 6.08 Å². The van der Waals surface area contributed by atoms with Crippen LogP contribution in [0.5, 0.6) is 0 Å². The van der Waals surface area contributed by atoms with E-state index in [9.17, 15) is 13.2 Å². The summed E-state index contributed by atoms with van der Waals surface area (Å²) in [6.07, 6.45) is 1.80. The molecule has 0 fully saturated rings. The monoisotopic (exact) mass is 192 g/mol. The molecule has 4 heteroatoms. The van der Waals surface area contributed by atoms with E-state index in [0.717, 1.165) is 6.08 Å². The summed E-state index contributed by atoms with van der Waals surface area (Å²) in [5.41, 5.74) is 0. The number of allylic oxidation sites excluding steroid dienone is 4. The van der Waals surface area contributed by atoms with Crippen LogP contribution in [-0.2, 0) is 4.74 Å². The van der Waals surface area contributed by atoms with Gasteiger partial charge in [0.2, 0.25) is 0 Å². The molecule has 0 bridgehead atoms. The molecule has 1 nitrogen and oxygen atoms in total. The Morgan fingerprint density at radius 3 is 2.31 bits per heavy atom. The SMILES string of the molecule is C\C=C(/C=C(F)\C(F)=C\F)OCC. The molecule has 74 valence electrons. The first kappa shape index (κ1) is 11.8. The highest BCUT2D eigenvalue weighted by atomic mass is 19.2. The second kappa shape index (κ2) is 6.34. The molecule has 0 rings (SSSR count). The van der Waals surface area contributed by atoms with Crippen LogP contribution in [0.1, 0.15) is 13.8 Å². The Balaban J connectivity index is 4.52. The van der Waals surface area contributed by atoms with Crippen molar-refractivity contribution in [2.24, 2.45) is 0 Å². The van der Waals surface area contributed by atoms with Crippen molar-refractivity contribution in [1.29, 1.82) is 0 Å². The molecule has 0 aliphatic carbocycles. The van der Waals surface area contributed by atoms with Gasteiger partial charge in [0.05, 0.1) is 6.61 Å². The van der Waals surface area contributed by atoms with Crippen LogP contribution in [-0.4, -0.2) is 6.61 Å². The maximum absolute atomic E-state index is 12.6. The van der Waals surface area contributed by atoms with Gasteiger partial charge in [-0.2, -0.15) is 0 Å². The lowest BCUT2D eigenvalue weighted by atomic mass is 10.3. The number of rotatable bonds is 4. The summed E-state index contributed by atoms with van der Waals surface area (Å²) in [6, 6.07) is 0. The molecular formula is C9H11F3O. The molecule has 0 atom stereocenters. The number of hydrogen-bond donors (Lipinski definition) is 0. The Morgan fingerprint density at radius 1 is 1.31 bits per heavy atom. The molecule has 0 aliphatic rings. The zero-order chi connectivity index (χ0) is 10.3. The Labute approximate surface area is 75.2 Å². The van der Waals surface area contributed by atoms with Gasteiger partial charge in [-0.25, -0.2) is 13.2 Å². The number of hydrogen-bond acceptors (Lipinski definition) is 1. The third kappa shape index (κ3) is 4.40. The van der Waals surface area contributed by atoms with Crippen LogP contribution in [0.4, 0.5) is 13.2 Å². The molecule has 0 unspecified atom stereocenters. The molecule has 0 heterocycles. The van der Waals surface area contributed by atoms with Crippen molar-refractivity contribution in [2.75, 3.05) is 6.61 Å². The third-order valence-corrected chi connectivity index (χ3v) is 1.19. The highest BCUT2D eigenvalue weighted by Gasteiger charge is 2.04. The molecule has 0 saturated carbocycles. The minimum absolute atomic E-state index is 0.164. The summed E-state index contributed by atoms with van der Waals surface area (Å²) >= 11 is 0. The van der Waals surface area contributed by atoms with Gasteiger partial charge in [-0.05, 0) is 19.9 Å². The third-order valence-electron chi connectivity index (χ3n) is 1.19. The van der Waals surface area contributed by atoms with Crippen molar-refractivity contribution >= 4 is 0 Å². The average molecular weight is 192 g/mol. The molecule has 0 spiro atoms. The van der Waals surface area contributed by atoms with Crippen LogP contribution in [0.15, 0.2) is 35.9 Å². The van der Waals surface area contributed by atoms with Crippen LogP contribution in [0.2, 0.25) is 0 Å². The van der Waals surface area contributed by atoms with Gasteiger partial charge in [-0.3, -0.25) is 0 Å². The van der Waals surface area contributed by atoms with Crippen molar-refractivity contribution in [3.63, 3.8) is 0 Å². The molecule has 0 aromatic heterocycles. The molecule has 13 heavy (non-hydrogen) atoms. The Hall–Kier alpha value is -1.19. The van der Waals surface area contributed by atoms with Crippen molar-refractivity contribution < 1.29 is 17.9 Å². The summed E-state index contributed by atoms with van der Waals surface area (Å²) < 4.78 is 41.2. The Kier molecular flexibility index (Phi) is 5.76. The maximum atomic E-state index is 12.6. The molecule has 0 saturated heterocycles. The standard InChI is InChI=1S/C9H11F3O/c1-3-7(13-4-2)5-8(11)9(12)6-10/h3,5-6H,4H2,1-2H3/b7-3+,8-5+,9-6-. The summed E-state index contributed by atoms with van der Waals surface area (Å²) in [5, 5.41) is 0. The van der Waals surface area contributed by atoms with Crippen LogP contribution in [0.25, 0.3) is 0 Å². The zero-order valence-corrected chi connectivity index (χ0v) is 7.48. The summed E-state index contributed by atoms with van der Waals surface area (Å²) in [5.74, 6) is -2.67. The summed E-state index contributed by atoms with van der Waals surface area (Å²) in [7, 11) is 0. The minimum atomic E-state index is -1.54. The second-order valence-corrected chi connectivity index (χ2v) is 2.07. The average Bonchev–Trinajstić information content (AvgIpc) is 2.15. The molecule has 0 radical (unpaired) electrons. The smallest absolute Gasteiger partial charge is 0.187 e. The normalized spacial score (nSPS) is 14.7. The zero-order valence-electron chi connectivity index (χ0n) is 7.48. The van der Waals surface area contributed by atoms with Crippen molar-refractivity contribution in [1.82, 2.24) is 0 Å². The second-order valence-electron chi connectivity index (χ2n) is 2.07. The Bertz CT molecular complexity index is 241. The lowest BCUT2D eigenvalue weighted by molar-refractivity contribution is 0.240. The number of halogens is 3. The predicted molar refractivity (Wildman–Crippen MR) is 44.9 cm³/mol. The van der Waals surface area contributed by atoms with E-state index in [0.29, 0.717) is 6.61 Å². The van der Waals surface area contributed by atoms with Gasteiger partial charge in [0, 0.05) is 6.08 Å². The Morgan fingerprint density at radius 2 is 1.92 bits per heavy atom. The molecule has 0 amide bonds. The van der Waals surface area contributed by atoms with Gasteiger partial charge in [0.15, 0.2) is 11.7 Å². The van der Waals surface area contributed by atoms with Crippen molar-refractivity contribution in [2.45, 2.75) is 13.8 Å². The fourth-order valence-electron chi connectivity index (χ4n) is 0.621. The predicted octanol–water partition coefficient (Wildman–Crippen LogP) is 3.56. The highest BCUT2D eigenvalue weighted by Crippen LogP contribution is 2.16. The van der Waals surface area contributed by atoms with Crippen LogP contribution in [0.3, 0.4) is 0 Å². The molecule has 0 aromatic carbocycles. The van der Waals surface area contributed by atoms with E-state index >= 15 is 0 Å². The van der Waals surface area contributed by atoms with E-state index in [2.05, 4.69) is 0 Å². The van der Waals surface area contributed by atoms with Crippen LogP contribution >= 0.6 is 0 Å².